The molecule has 0 fully saturated rings. The van der Waals surface area contributed by atoms with Gasteiger partial charge in [-0.25, -0.2) is 9.50 Å². The highest BCUT2D eigenvalue weighted by atomic mass is 35.5. The zero-order chi connectivity index (χ0) is 49.5. The number of nitrogens with two attached hydrogens (primary N) is 2. The van der Waals surface area contributed by atoms with Gasteiger partial charge in [0.25, 0.3) is 22.9 Å². The summed E-state index contributed by atoms with van der Waals surface area (Å²) in [5.74, 6) is -1.06. The molecular formula is C53H51Cl2N9O4. The van der Waals surface area contributed by atoms with E-state index < -0.39 is 11.8 Å². The zero-order valence-electron chi connectivity index (χ0n) is 38.4. The molecule has 0 aliphatic heterocycles. The van der Waals surface area contributed by atoms with Crippen molar-refractivity contribution in [2.75, 3.05) is 0 Å². The molecule has 0 atom stereocenters. The lowest BCUT2D eigenvalue weighted by molar-refractivity contribution is 0.0992. The average molecular weight is 949 g/mol. The topological polar surface area (TPSA) is 186 Å². The van der Waals surface area contributed by atoms with Crippen molar-refractivity contribution in [3.05, 3.63) is 211 Å². The molecular weight excluding hydrogens is 898 g/mol. The predicted molar refractivity (Wildman–Crippen MR) is 278 cm³/mol. The Hall–Kier alpha value is -8.00. The maximum absolute atomic E-state index is 12.8. The molecule has 68 heavy (non-hydrogen) atoms. The number of nitrogens with zero attached hydrogens (tertiary/aromatic N) is 7. The summed E-state index contributed by atoms with van der Waals surface area (Å²) >= 11 is 12.4. The molecule has 0 aliphatic carbocycles. The number of para-hydroxylation sites is 2. The fourth-order valence-corrected chi connectivity index (χ4v) is 7.77. The Bertz CT molecular complexity index is 3220. The molecule has 9 aromatic rings. The van der Waals surface area contributed by atoms with Crippen LogP contribution in [0.25, 0.3) is 44.6 Å². The van der Waals surface area contributed by atoms with Crippen LogP contribution >= 0.6 is 23.2 Å². The molecule has 5 heterocycles. The van der Waals surface area contributed by atoms with Gasteiger partial charge in [-0.2, -0.15) is 5.10 Å². The van der Waals surface area contributed by atoms with Crippen LogP contribution in [0, 0.1) is 6.92 Å². The monoisotopic (exact) mass is 947 g/mol. The first-order valence-corrected chi connectivity index (χ1v) is 22.3. The van der Waals surface area contributed by atoms with Crippen LogP contribution in [0.3, 0.4) is 0 Å². The Kier molecular flexibility index (Phi) is 18.0. The summed E-state index contributed by atoms with van der Waals surface area (Å²) in [5, 5.41) is 8.04. The van der Waals surface area contributed by atoms with Crippen LogP contribution in [0.15, 0.2) is 161 Å². The Morgan fingerprint density at radius 3 is 1.65 bits per heavy atom. The summed E-state index contributed by atoms with van der Waals surface area (Å²) in [6.07, 6.45) is 9.34. The highest BCUT2D eigenvalue weighted by Gasteiger charge is 2.16. The lowest BCUT2D eigenvalue weighted by Gasteiger charge is -2.14. The van der Waals surface area contributed by atoms with Crippen LogP contribution in [0.2, 0.25) is 10.0 Å². The molecule has 0 spiro atoms. The van der Waals surface area contributed by atoms with Gasteiger partial charge in [0, 0.05) is 53.1 Å². The fourth-order valence-electron chi connectivity index (χ4n) is 7.25. The number of halogens is 2. The molecule has 4 aromatic carbocycles. The lowest BCUT2D eigenvalue weighted by Crippen LogP contribution is -2.22. The number of carbonyl (C=O) groups is 2. The van der Waals surface area contributed by atoms with E-state index in [2.05, 4.69) is 33.4 Å². The summed E-state index contributed by atoms with van der Waals surface area (Å²) in [4.78, 5) is 59.1. The van der Waals surface area contributed by atoms with Crippen LogP contribution in [0.4, 0.5) is 5.69 Å². The molecule has 13 nitrogen and oxygen atoms in total. The van der Waals surface area contributed by atoms with E-state index in [0.29, 0.717) is 49.0 Å². The SMILES string of the molecule is C=Cc1cncc(C(N)=O)c1N=C.CC.CCc1cc2cccc(Cl)c2c(=O)n1-c1ccccc1.CCc1cc2cccc(Cl)c2c(=O)n1-c1ccccc1.Cc1nn2cccnc2c1C(N)=O. The molecule has 0 unspecified atom stereocenters. The van der Waals surface area contributed by atoms with Crippen LogP contribution < -0.4 is 22.6 Å². The third-order valence-corrected chi connectivity index (χ3v) is 10.9. The van der Waals surface area contributed by atoms with E-state index in [9.17, 15) is 19.2 Å². The number of hydrogen-bond donors (Lipinski definition) is 2. The molecule has 9 rings (SSSR count). The number of amides is 2. The van der Waals surface area contributed by atoms with E-state index in [4.69, 9.17) is 34.7 Å². The van der Waals surface area contributed by atoms with Crippen molar-refractivity contribution in [3.8, 4) is 11.4 Å². The van der Waals surface area contributed by atoms with E-state index in [1.807, 2.05) is 125 Å². The van der Waals surface area contributed by atoms with Crippen molar-refractivity contribution >= 4 is 80.7 Å². The van der Waals surface area contributed by atoms with E-state index in [1.54, 1.807) is 58.9 Å². The third kappa shape index (κ3) is 11.3. The second-order valence-corrected chi connectivity index (χ2v) is 15.2. The minimum atomic E-state index is -0.571. The van der Waals surface area contributed by atoms with Gasteiger partial charge in [-0.05, 0) is 91.9 Å². The summed E-state index contributed by atoms with van der Waals surface area (Å²) in [6, 6.07) is 36.3. The number of fused-ring (bicyclic) bond motifs is 3. The Morgan fingerprint density at radius 2 is 1.22 bits per heavy atom. The van der Waals surface area contributed by atoms with Crippen molar-refractivity contribution in [2.24, 2.45) is 16.5 Å². The summed E-state index contributed by atoms with van der Waals surface area (Å²) in [5.41, 5.74) is 16.7. The zero-order valence-corrected chi connectivity index (χ0v) is 39.9. The van der Waals surface area contributed by atoms with Gasteiger partial charge in [0.2, 0.25) is 0 Å². The Labute approximate surface area is 403 Å². The lowest BCUT2D eigenvalue weighted by atomic mass is 10.1. The number of aromatic nitrogens is 6. The van der Waals surface area contributed by atoms with Gasteiger partial charge in [0.05, 0.1) is 37.8 Å². The van der Waals surface area contributed by atoms with Crippen molar-refractivity contribution in [2.45, 2.75) is 47.5 Å². The van der Waals surface area contributed by atoms with Crippen molar-refractivity contribution in [1.82, 2.24) is 28.7 Å². The quantitative estimate of drug-likeness (QED) is 0.142. The van der Waals surface area contributed by atoms with Gasteiger partial charge in [-0.15, -0.1) is 0 Å². The minimum Gasteiger partial charge on any atom is -0.365 e. The molecule has 0 radical (unpaired) electrons. The highest BCUT2D eigenvalue weighted by Crippen LogP contribution is 2.25. The molecule has 0 aliphatic rings. The van der Waals surface area contributed by atoms with Crippen LogP contribution in [-0.4, -0.2) is 47.2 Å². The van der Waals surface area contributed by atoms with E-state index >= 15 is 0 Å². The van der Waals surface area contributed by atoms with E-state index in [1.165, 1.54) is 10.7 Å². The molecule has 0 saturated carbocycles. The maximum Gasteiger partial charge on any atom is 0.264 e. The highest BCUT2D eigenvalue weighted by molar-refractivity contribution is 6.35. The minimum absolute atomic E-state index is 0.0591. The average Bonchev–Trinajstić information content (AvgIpc) is 3.71. The number of aliphatic imine (C=N–C) groups is 1. The number of carbonyl (C=O) groups excluding carboxylic acids is 2. The van der Waals surface area contributed by atoms with Gasteiger partial charge < -0.3 is 11.5 Å². The number of primary amides is 2. The van der Waals surface area contributed by atoms with Gasteiger partial charge in [0.1, 0.15) is 5.56 Å². The van der Waals surface area contributed by atoms with E-state index in [-0.39, 0.29) is 16.7 Å². The third-order valence-electron chi connectivity index (χ3n) is 10.3. The van der Waals surface area contributed by atoms with Gasteiger partial charge >= 0.3 is 0 Å². The first-order valence-electron chi connectivity index (χ1n) is 21.6. The number of aryl methyl sites for hydroxylation is 3. The number of benzene rings is 4. The maximum atomic E-state index is 12.8. The predicted octanol–water partition coefficient (Wildman–Crippen LogP) is 10.7. The Morgan fingerprint density at radius 1 is 0.721 bits per heavy atom. The molecule has 346 valence electrons. The molecule has 5 aromatic heterocycles. The number of hydrogen-bond acceptors (Lipinski definition) is 8. The normalized spacial score (nSPS) is 10.3. The number of rotatable bonds is 8. The van der Waals surface area contributed by atoms with Gasteiger partial charge in [-0.3, -0.25) is 38.3 Å². The smallest absolute Gasteiger partial charge is 0.264 e. The van der Waals surface area contributed by atoms with E-state index in [0.717, 1.165) is 46.4 Å². The number of pyridine rings is 3. The largest absolute Gasteiger partial charge is 0.365 e. The first-order chi connectivity index (χ1) is 32.8. The molecule has 15 heteroatoms. The molecule has 0 bridgehead atoms. The van der Waals surface area contributed by atoms with Crippen LogP contribution in [0.1, 0.15) is 71.1 Å². The van der Waals surface area contributed by atoms with Gasteiger partial charge in [0.15, 0.2) is 5.65 Å². The fraction of sp³-hybridized carbons (Fsp3) is 0.132. The molecule has 4 N–H and O–H groups in total. The first kappa shape index (κ1) is 51.0. The molecule has 2 amide bonds. The van der Waals surface area contributed by atoms with Crippen LogP contribution in [0.5, 0.6) is 0 Å². The molecule has 0 saturated heterocycles. The summed E-state index contributed by atoms with van der Waals surface area (Å²) in [6.45, 7) is 16.7. The van der Waals surface area contributed by atoms with Gasteiger partial charge in [-0.1, -0.05) is 124 Å². The second-order valence-electron chi connectivity index (χ2n) is 14.4. The Balaban J connectivity index is 0.000000171. The standard InChI is InChI=1S/2C17H14ClNO.C9H9N3O.C8H8N4O.C2H6/c2*1-2-13-11-12-7-6-10-15(18)16(12)17(20)19(13)14-8-4-3-5-9-14;1-3-6-4-12-5-7(9(10)13)8(6)11-2;1-5-6(7(9)13)8-10-3-2-4-12(8)11-5;1-2/h2*3-11H,2H2,1H3;3-5H,1-2H2,(H2,10,13);2-4H,1H3,(H2,9,13);1-2H3. The summed E-state index contributed by atoms with van der Waals surface area (Å²) < 4.78 is 5.03. The van der Waals surface area contributed by atoms with Crippen molar-refractivity contribution in [1.29, 1.82) is 0 Å². The van der Waals surface area contributed by atoms with Crippen molar-refractivity contribution < 1.29 is 9.59 Å². The summed E-state index contributed by atoms with van der Waals surface area (Å²) in [7, 11) is 0. The second kappa shape index (κ2) is 24.0. The van der Waals surface area contributed by atoms with Crippen molar-refractivity contribution in [3.63, 3.8) is 0 Å². The van der Waals surface area contributed by atoms with Crippen LogP contribution in [-0.2, 0) is 12.8 Å².